The molecule has 194 valence electrons. The zero-order valence-electron chi connectivity index (χ0n) is 21.7. The number of hydrogen-bond acceptors (Lipinski definition) is 5. The van der Waals surface area contributed by atoms with Crippen molar-refractivity contribution in [2.75, 3.05) is 13.7 Å². The van der Waals surface area contributed by atoms with Gasteiger partial charge in [0.2, 0.25) is 0 Å². The van der Waals surface area contributed by atoms with E-state index in [9.17, 15) is 14.4 Å². The number of amides is 2. The molecular weight excluding hydrogens is 468 g/mol. The lowest BCUT2D eigenvalue weighted by Gasteiger charge is -2.32. The van der Waals surface area contributed by atoms with Crippen LogP contribution < -0.4 is 10.1 Å². The Morgan fingerprint density at radius 1 is 1.05 bits per heavy atom. The largest absolute Gasteiger partial charge is 0.484 e. The number of carbonyl (C=O) groups excluding carboxylic acids is 3. The summed E-state index contributed by atoms with van der Waals surface area (Å²) in [7, 11) is 1.33. The second kappa shape index (κ2) is 11.9. The molecule has 0 radical (unpaired) electrons. The Bertz CT molecular complexity index is 1190. The fourth-order valence-corrected chi connectivity index (χ4v) is 5.06. The molecule has 2 aliphatic rings. The van der Waals surface area contributed by atoms with Gasteiger partial charge in [0.25, 0.3) is 11.8 Å². The molecule has 0 spiro atoms. The van der Waals surface area contributed by atoms with E-state index in [1.54, 1.807) is 35.2 Å². The molecule has 2 aromatic rings. The van der Waals surface area contributed by atoms with Crippen molar-refractivity contribution in [1.29, 1.82) is 0 Å². The Kier molecular flexibility index (Phi) is 8.43. The number of rotatable bonds is 8. The molecule has 1 N–H and O–H groups in total. The van der Waals surface area contributed by atoms with E-state index in [4.69, 9.17) is 9.47 Å². The van der Waals surface area contributed by atoms with E-state index < -0.39 is 5.97 Å². The molecule has 1 heterocycles. The standard InChI is InChI=1S/C30H34N2O5/c1-20(23-10-6-4-7-11-23)31-27(33)19-37-25-16-14-22(15-17-25)18-26-28(30(35)36-3)21(2)32(29(26)34)24-12-8-5-9-13-24/h4,6-7,10-11,14-18,20,24H,5,8-9,12-13,19H2,1-3H3,(H,31,33). The maximum Gasteiger partial charge on any atom is 0.340 e. The minimum absolute atomic E-state index is 0.110. The van der Waals surface area contributed by atoms with E-state index in [-0.39, 0.29) is 30.5 Å². The van der Waals surface area contributed by atoms with Crippen LogP contribution in [0.4, 0.5) is 0 Å². The van der Waals surface area contributed by atoms with E-state index in [1.165, 1.54) is 13.5 Å². The Morgan fingerprint density at radius 2 is 1.73 bits per heavy atom. The predicted octanol–water partition coefficient (Wildman–Crippen LogP) is 4.95. The maximum absolute atomic E-state index is 13.4. The Morgan fingerprint density at radius 3 is 2.38 bits per heavy atom. The zero-order valence-corrected chi connectivity index (χ0v) is 21.7. The highest BCUT2D eigenvalue weighted by molar-refractivity contribution is 6.16. The van der Waals surface area contributed by atoms with Crippen molar-refractivity contribution < 1.29 is 23.9 Å². The third kappa shape index (κ3) is 6.10. The normalized spacial score (nSPS) is 18.2. The van der Waals surface area contributed by atoms with Gasteiger partial charge in [0.05, 0.1) is 24.3 Å². The lowest BCUT2D eigenvalue weighted by Crippen LogP contribution is -2.37. The van der Waals surface area contributed by atoms with Crippen LogP contribution in [0.2, 0.25) is 0 Å². The molecule has 1 fully saturated rings. The van der Waals surface area contributed by atoms with Crippen molar-refractivity contribution in [2.45, 2.75) is 58.0 Å². The number of carbonyl (C=O) groups is 3. The molecule has 37 heavy (non-hydrogen) atoms. The number of benzene rings is 2. The monoisotopic (exact) mass is 502 g/mol. The van der Waals surface area contributed by atoms with Gasteiger partial charge in [0.15, 0.2) is 6.61 Å². The van der Waals surface area contributed by atoms with Gasteiger partial charge in [0, 0.05) is 11.7 Å². The summed E-state index contributed by atoms with van der Waals surface area (Å²) in [5.74, 6) is -0.350. The number of allylic oxidation sites excluding steroid dienone is 1. The molecule has 7 nitrogen and oxygen atoms in total. The molecule has 4 rings (SSSR count). The van der Waals surface area contributed by atoms with Crippen LogP contribution in [0.5, 0.6) is 5.75 Å². The van der Waals surface area contributed by atoms with Crippen LogP contribution in [0.3, 0.4) is 0 Å². The molecule has 2 aromatic carbocycles. The summed E-state index contributed by atoms with van der Waals surface area (Å²) in [4.78, 5) is 40.1. The van der Waals surface area contributed by atoms with E-state index in [1.807, 2.05) is 44.2 Å². The quantitative estimate of drug-likeness (QED) is 0.408. The van der Waals surface area contributed by atoms with Gasteiger partial charge < -0.3 is 19.7 Å². The van der Waals surface area contributed by atoms with Gasteiger partial charge in [-0.15, -0.1) is 0 Å². The van der Waals surface area contributed by atoms with Crippen molar-refractivity contribution in [2.24, 2.45) is 0 Å². The minimum Gasteiger partial charge on any atom is -0.484 e. The maximum atomic E-state index is 13.4. The first kappa shape index (κ1) is 26.2. The molecule has 0 saturated heterocycles. The van der Waals surface area contributed by atoms with Crippen molar-refractivity contribution in [3.05, 3.63) is 82.6 Å². The Hall–Kier alpha value is -3.87. The number of nitrogens with zero attached hydrogens (tertiary/aromatic N) is 1. The van der Waals surface area contributed by atoms with Crippen molar-refractivity contribution in [3.63, 3.8) is 0 Å². The third-order valence-corrected chi connectivity index (χ3v) is 7.01. The van der Waals surface area contributed by atoms with Crippen LogP contribution >= 0.6 is 0 Å². The van der Waals surface area contributed by atoms with Gasteiger partial charge in [-0.2, -0.15) is 0 Å². The summed E-state index contributed by atoms with van der Waals surface area (Å²) < 4.78 is 10.7. The molecular formula is C30H34N2O5. The Balaban J connectivity index is 1.43. The molecule has 1 atom stereocenters. The molecule has 1 aliphatic carbocycles. The van der Waals surface area contributed by atoms with Gasteiger partial charge in [-0.3, -0.25) is 9.59 Å². The average Bonchev–Trinajstić information content (AvgIpc) is 3.17. The van der Waals surface area contributed by atoms with Crippen LogP contribution in [-0.2, 0) is 19.1 Å². The first-order valence-corrected chi connectivity index (χ1v) is 12.8. The smallest absolute Gasteiger partial charge is 0.340 e. The molecule has 1 unspecified atom stereocenters. The summed E-state index contributed by atoms with van der Waals surface area (Å²) in [6.45, 7) is 3.63. The van der Waals surface area contributed by atoms with E-state index >= 15 is 0 Å². The van der Waals surface area contributed by atoms with Crippen LogP contribution in [0, 0.1) is 0 Å². The minimum atomic E-state index is -0.508. The first-order chi connectivity index (χ1) is 17.9. The number of methoxy groups -OCH3 is 1. The van der Waals surface area contributed by atoms with E-state index in [0.717, 1.165) is 36.8 Å². The lowest BCUT2D eigenvalue weighted by molar-refractivity contribution is -0.136. The average molecular weight is 503 g/mol. The van der Waals surface area contributed by atoms with E-state index in [0.29, 0.717) is 22.6 Å². The number of hydrogen-bond donors (Lipinski definition) is 1. The topological polar surface area (TPSA) is 84.9 Å². The summed E-state index contributed by atoms with van der Waals surface area (Å²) in [6, 6.07) is 16.8. The van der Waals surface area contributed by atoms with Crippen LogP contribution in [0.25, 0.3) is 6.08 Å². The molecule has 0 aromatic heterocycles. The van der Waals surface area contributed by atoms with Crippen molar-refractivity contribution >= 4 is 23.9 Å². The van der Waals surface area contributed by atoms with Crippen LogP contribution in [0.1, 0.15) is 63.1 Å². The van der Waals surface area contributed by atoms with Gasteiger partial charge in [-0.25, -0.2) is 4.79 Å². The summed E-state index contributed by atoms with van der Waals surface area (Å²) in [5.41, 5.74) is 3.09. The van der Waals surface area contributed by atoms with Crippen molar-refractivity contribution in [3.8, 4) is 5.75 Å². The fourth-order valence-electron chi connectivity index (χ4n) is 5.06. The first-order valence-electron chi connectivity index (χ1n) is 12.8. The van der Waals surface area contributed by atoms with Crippen LogP contribution in [0.15, 0.2) is 71.4 Å². The SMILES string of the molecule is COC(=O)C1=C(C)N(C2CCCCC2)C(=O)C1=Cc1ccc(OCC(=O)NC(C)c2ccccc2)cc1. The highest BCUT2D eigenvalue weighted by Crippen LogP contribution is 2.37. The number of nitrogens with one attached hydrogen (secondary N) is 1. The molecule has 1 saturated carbocycles. The summed E-state index contributed by atoms with van der Waals surface area (Å²) in [6.07, 6.45) is 6.94. The molecule has 2 amide bonds. The second-order valence-electron chi connectivity index (χ2n) is 9.53. The number of esters is 1. The zero-order chi connectivity index (χ0) is 26.4. The predicted molar refractivity (Wildman–Crippen MR) is 141 cm³/mol. The lowest BCUT2D eigenvalue weighted by atomic mass is 9.94. The highest BCUT2D eigenvalue weighted by atomic mass is 16.5. The fraction of sp³-hybridized carbons (Fsp3) is 0.367. The van der Waals surface area contributed by atoms with E-state index in [2.05, 4.69) is 5.32 Å². The molecule has 1 aliphatic heterocycles. The third-order valence-electron chi connectivity index (χ3n) is 7.01. The molecule has 7 heteroatoms. The van der Waals surface area contributed by atoms with Gasteiger partial charge in [0.1, 0.15) is 5.75 Å². The van der Waals surface area contributed by atoms with Crippen LogP contribution in [-0.4, -0.2) is 42.4 Å². The van der Waals surface area contributed by atoms with Crippen molar-refractivity contribution in [1.82, 2.24) is 10.2 Å². The summed E-state index contributed by atoms with van der Waals surface area (Å²) >= 11 is 0. The van der Waals surface area contributed by atoms with Gasteiger partial charge >= 0.3 is 5.97 Å². The Labute approximate surface area is 218 Å². The highest BCUT2D eigenvalue weighted by Gasteiger charge is 2.40. The second-order valence-corrected chi connectivity index (χ2v) is 9.53. The van der Waals surface area contributed by atoms with Gasteiger partial charge in [-0.1, -0.05) is 61.7 Å². The number of ether oxygens (including phenoxy) is 2. The molecule has 0 bridgehead atoms. The van der Waals surface area contributed by atoms with Gasteiger partial charge in [-0.05, 0) is 56.0 Å². The summed E-state index contributed by atoms with van der Waals surface area (Å²) in [5, 5.41) is 2.92.